The molecule has 5 nitrogen and oxygen atoms in total. The van der Waals surface area contributed by atoms with Crippen molar-refractivity contribution >= 4 is 32.7 Å². The highest BCUT2D eigenvalue weighted by Crippen LogP contribution is 2.29. The molecule has 0 atom stereocenters. The molecular formula is C14H17BrN4O. The number of aromatic amines is 2. The zero-order valence-corrected chi connectivity index (χ0v) is 13.1. The molecule has 0 unspecified atom stereocenters. The van der Waals surface area contributed by atoms with E-state index in [-0.39, 0.29) is 11.1 Å². The van der Waals surface area contributed by atoms with E-state index in [0.717, 1.165) is 34.2 Å². The number of benzene rings is 1. The number of imidazole rings is 1. The number of hydrogen-bond donors (Lipinski definition) is 3. The first-order valence-electron chi connectivity index (χ1n) is 6.44. The lowest BCUT2D eigenvalue weighted by Crippen LogP contribution is -2.23. The topological polar surface area (TPSA) is 84.5 Å². The maximum Gasteiger partial charge on any atom is 0.323 e. The van der Waals surface area contributed by atoms with Crippen LogP contribution in [0.15, 0.2) is 21.4 Å². The number of nitrogens with zero attached hydrogens (tertiary/aromatic N) is 1. The van der Waals surface area contributed by atoms with E-state index < -0.39 is 0 Å². The van der Waals surface area contributed by atoms with Gasteiger partial charge < -0.3 is 15.3 Å². The molecule has 0 aliphatic rings. The lowest BCUT2D eigenvalue weighted by molar-refractivity contribution is 0.364. The van der Waals surface area contributed by atoms with Gasteiger partial charge in [0, 0.05) is 17.4 Å². The molecule has 0 saturated heterocycles. The third kappa shape index (κ3) is 3.42. The highest BCUT2D eigenvalue weighted by atomic mass is 79.9. The first-order valence-corrected chi connectivity index (χ1v) is 7.23. The summed E-state index contributed by atoms with van der Waals surface area (Å²) in [5.41, 5.74) is 2.30. The van der Waals surface area contributed by atoms with Crippen LogP contribution in [0.5, 0.6) is 0 Å². The molecule has 0 radical (unpaired) electrons. The minimum Gasteiger partial charge on any atom is -0.384 e. The average molecular weight is 337 g/mol. The normalized spacial score (nSPS) is 11.5. The lowest BCUT2D eigenvalue weighted by Gasteiger charge is -2.24. The van der Waals surface area contributed by atoms with Crippen LogP contribution in [-0.4, -0.2) is 16.5 Å². The maximum absolute atomic E-state index is 11.3. The van der Waals surface area contributed by atoms with Crippen LogP contribution in [0.2, 0.25) is 0 Å². The molecule has 0 saturated carbocycles. The number of aromatic nitrogens is 2. The highest BCUT2D eigenvalue weighted by molar-refractivity contribution is 9.10. The molecule has 1 aromatic carbocycles. The fraction of sp³-hybridized carbons (Fsp3) is 0.429. The van der Waals surface area contributed by atoms with E-state index in [9.17, 15) is 4.79 Å². The molecule has 1 aromatic heterocycles. The van der Waals surface area contributed by atoms with Crippen LogP contribution in [0.3, 0.4) is 0 Å². The maximum atomic E-state index is 11.3. The van der Waals surface area contributed by atoms with Gasteiger partial charge in [0.25, 0.3) is 0 Å². The Morgan fingerprint density at radius 3 is 2.65 bits per heavy atom. The van der Waals surface area contributed by atoms with Crippen molar-refractivity contribution < 1.29 is 0 Å². The number of nitrogens with one attached hydrogen (secondary N) is 3. The summed E-state index contributed by atoms with van der Waals surface area (Å²) >= 11 is 3.50. The summed E-state index contributed by atoms with van der Waals surface area (Å²) in [6.45, 7) is 5.01. The largest absolute Gasteiger partial charge is 0.384 e. The van der Waals surface area contributed by atoms with E-state index in [0.29, 0.717) is 6.42 Å². The third-order valence-electron chi connectivity index (χ3n) is 3.27. The van der Waals surface area contributed by atoms with Crippen LogP contribution in [0.1, 0.15) is 26.7 Å². The average Bonchev–Trinajstić information content (AvgIpc) is 2.73. The predicted octanol–water partition coefficient (Wildman–Crippen LogP) is 3.36. The van der Waals surface area contributed by atoms with Gasteiger partial charge in [-0.25, -0.2) is 4.79 Å². The van der Waals surface area contributed by atoms with Crippen molar-refractivity contribution in [3.8, 4) is 6.07 Å². The van der Waals surface area contributed by atoms with Crippen LogP contribution in [-0.2, 0) is 0 Å². The van der Waals surface area contributed by atoms with Gasteiger partial charge in [0.2, 0.25) is 0 Å². The Kier molecular flexibility index (Phi) is 4.19. The van der Waals surface area contributed by atoms with E-state index in [1.54, 1.807) is 0 Å². The molecule has 0 aliphatic carbocycles. The number of anilines is 1. The predicted molar refractivity (Wildman–Crippen MR) is 83.7 cm³/mol. The Morgan fingerprint density at radius 1 is 1.35 bits per heavy atom. The molecular weight excluding hydrogens is 320 g/mol. The minimum atomic E-state index is -0.210. The van der Waals surface area contributed by atoms with Gasteiger partial charge in [-0.1, -0.05) is 13.8 Å². The lowest BCUT2D eigenvalue weighted by atomic mass is 9.88. The van der Waals surface area contributed by atoms with Crippen LogP contribution < -0.4 is 11.0 Å². The van der Waals surface area contributed by atoms with Gasteiger partial charge in [0.1, 0.15) is 0 Å². The quantitative estimate of drug-likeness (QED) is 0.782. The molecule has 20 heavy (non-hydrogen) atoms. The van der Waals surface area contributed by atoms with Gasteiger partial charge in [-0.3, -0.25) is 0 Å². The molecule has 0 spiro atoms. The standard InChI is InChI=1S/C14H17BrN4O/c1-14(2,4-3-5-16)8-17-10-7-12-11(6-9(10)15)18-13(20)19-12/h6-7,17H,3-4,8H2,1-2H3,(H2,18,19,20). The third-order valence-corrected chi connectivity index (χ3v) is 3.93. The van der Waals surface area contributed by atoms with E-state index in [2.05, 4.69) is 51.1 Å². The summed E-state index contributed by atoms with van der Waals surface area (Å²) in [6.07, 6.45) is 1.40. The second kappa shape index (κ2) is 5.71. The van der Waals surface area contributed by atoms with Crippen molar-refractivity contribution in [2.75, 3.05) is 11.9 Å². The number of H-pyrrole nitrogens is 2. The summed E-state index contributed by atoms with van der Waals surface area (Å²) in [5, 5.41) is 12.0. The van der Waals surface area contributed by atoms with Crippen molar-refractivity contribution in [2.45, 2.75) is 26.7 Å². The molecule has 0 fully saturated rings. The second-order valence-electron chi connectivity index (χ2n) is 5.63. The van der Waals surface area contributed by atoms with Crippen LogP contribution in [0, 0.1) is 16.7 Å². The van der Waals surface area contributed by atoms with Gasteiger partial charge in [-0.2, -0.15) is 5.26 Å². The van der Waals surface area contributed by atoms with Gasteiger partial charge in [0.15, 0.2) is 0 Å². The fourth-order valence-corrected chi connectivity index (χ4v) is 2.49. The van der Waals surface area contributed by atoms with Crippen molar-refractivity contribution in [3.05, 3.63) is 27.1 Å². The Morgan fingerprint density at radius 2 is 2.00 bits per heavy atom. The number of fused-ring (bicyclic) bond motifs is 1. The molecule has 3 N–H and O–H groups in total. The second-order valence-corrected chi connectivity index (χ2v) is 6.49. The Hall–Kier alpha value is -1.74. The first-order chi connectivity index (χ1) is 9.41. The van der Waals surface area contributed by atoms with E-state index in [1.807, 2.05) is 12.1 Å². The van der Waals surface area contributed by atoms with E-state index >= 15 is 0 Å². The Labute approximate surface area is 125 Å². The van der Waals surface area contributed by atoms with Crippen LogP contribution in [0.4, 0.5) is 5.69 Å². The van der Waals surface area contributed by atoms with Gasteiger partial charge >= 0.3 is 5.69 Å². The summed E-state index contributed by atoms with van der Waals surface area (Å²) in [4.78, 5) is 16.7. The van der Waals surface area contributed by atoms with E-state index in [4.69, 9.17) is 5.26 Å². The van der Waals surface area contributed by atoms with Crippen molar-refractivity contribution in [1.82, 2.24) is 9.97 Å². The number of nitriles is 1. The molecule has 2 rings (SSSR count). The zero-order valence-electron chi connectivity index (χ0n) is 11.5. The first kappa shape index (κ1) is 14.7. The molecule has 0 aliphatic heterocycles. The fourth-order valence-electron chi connectivity index (χ4n) is 2.01. The molecule has 6 heteroatoms. The smallest absolute Gasteiger partial charge is 0.323 e. The van der Waals surface area contributed by atoms with Gasteiger partial charge in [0.05, 0.1) is 22.8 Å². The zero-order chi connectivity index (χ0) is 14.8. The molecule has 1 heterocycles. The number of halogens is 1. The highest BCUT2D eigenvalue weighted by Gasteiger charge is 2.17. The number of rotatable bonds is 5. The minimum absolute atomic E-state index is 0.0374. The Balaban J connectivity index is 2.15. The molecule has 0 amide bonds. The van der Waals surface area contributed by atoms with Crippen molar-refractivity contribution in [3.63, 3.8) is 0 Å². The molecule has 2 aromatic rings. The molecule has 106 valence electrons. The van der Waals surface area contributed by atoms with Crippen LogP contribution in [0.25, 0.3) is 11.0 Å². The monoisotopic (exact) mass is 336 g/mol. The van der Waals surface area contributed by atoms with Crippen molar-refractivity contribution in [2.24, 2.45) is 5.41 Å². The van der Waals surface area contributed by atoms with E-state index in [1.165, 1.54) is 0 Å². The Bertz CT molecular complexity index is 708. The van der Waals surface area contributed by atoms with Gasteiger partial charge in [-0.05, 0) is 39.9 Å². The molecule has 0 bridgehead atoms. The summed E-state index contributed by atoms with van der Waals surface area (Å²) in [6, 6.07) is 5.95. The van der Waals surface area contributed by atoms with Crippen molar-refractivity contribution in [1.29, 1.82) is 5.26 Å². The number of hydrogen-bond acceptors (Lipinski definition) is 3. The van der Waals surface area contributed by atoms with Crippen LogP contribution >= 0.6 is 15.9 Å². The summed E-state index contributed by atoms with van der Waals surface area (Å²) in [7, 11) is 0. The van der Waals surface area contributed by atoms with Gasteiger partial charge in [-0.15, -0.1) is 0 Å². The SMILES string of the molecule is CC(C)(CCC#N)CNc1cc2[nH]c(=O)[nH]c2cc1Br. The summed E-state index contributed by atoms with van der Waals surface area (Å²) in [5.74, 6) is 0. The summed E-state index contributed by atoms with van der Waals surface area (Å²) < 4.78 is 0.899.